The lowest BCUT2D eigenvalue weighted by atomic mass is 9.74. The highest BCUT2D eigenvalue weighted by Crippen LogP contribution is 2.36. The van der Waals surface area contributed by atoms with Crippen molar-refractivity contribution in [3.05, 3.63) is 70.8 Å². The Kier molecular flexibility index (Phi) is 5.92. The molecule has 0 bridgehead atoms. The summed E-state index contributed by atoms with van der Waals surface area (Å²) in [5.74, 6) is 1.61. The number of alkyl halides is 3. The SMILES string of the molecule is C#CC(Cc1ccccc1)(C(=O)OCC)c1ccc(C(F)(F)F)cc1C#N. The Morgan fingerprint density at radius 3 is 2.37 bits per heavy atom. The van der Waals surface area contributed by atoms with Crippen molar-refractivity contribution < 1.29 is 22.7 Å². The average molecular weight is 371 g/mol. The first-order valence-electron chi connectivity index (χ1n) is 8.09. The fraction of sp³-hybridized carbons (Fsp3) is 0.238. The molecule has 6 heteroatoms. The molecule has 0 radical (unpaired) electrons. The van der Waals surface area contributed by atoms with Gasteiger partial charge in [-0.1, -0.05) is 42.3 Å². The fourth-order valence-corrected chi connectivity index (χ4v) is 2.81. The number of ether oxygens (including phenoxy) is 1. The van der Waals surface area contributed by atoms with E-state index in [1.54, 1.807) is 43.3 Å². The molecule has 0 aliphatic carbocycles. The van der Waals surface area contributed by atoms with Crippen LogP contribution in [0.2, 0.25) is 0 Å². The van der Waals surface area contributed by atoms with Crippen LogP contribution in [0.4, 0.5) is 13.2 Å². The molecule has 27 heavy (non-hydrogen) atoms. The van der Waals surface area contributed by atoms with Gasteiger partial charge in [-0.2, -0.15) is 18.4 Å². The molecule has 2 aromatic carbocycles. The van der Waals surface area contributed by atoms with Crippen molar-refractivity contribution in [1.29, 1.82) is 5.26 Å². The van der Waals surface area contributed by atoms with Gasteiger partial charge in [0.25, 0.3) is 0 Å². The smallest absolute Gasteiger partial charge is 0.416 e. The van der Waals surface area contributed by atoms with Crippen molar-refractivity contribution >= 4 is 5.97 Å². The van der Waals surface area contributed by atoms with Gasteiger partial charge >= 0.3 is 12.1 Å². The number of rotatable bonds is 5. The predicted octanol–water partition coefficient (Wildman–Crippen LogP) is 4.25. The molecule has 2 rings (SSSR count). The topological polar surface area (TPSA) is 50.1 Å². The van der Waals surface area contributed by atoms with Crippen molar-refractivity contribution in [3.8, 4) is 18.4 Å². The number of carbonyl (C=O) groups is 1. The van der Waals surface area contributed by atoms with Gasteiger partial charge in [-0.25, -0.2) is 0 Å². The minimum Gasteiger partial charge on any atom is -0.465 e. The van der Waals surface area contributed by atoms with Gasteiger partial charge in [-0.15, -0.1) is 6.42 Å². The van der Waals surface area contributed by atoms with Crippen molar-refractivity contribution in [2.45, 2.75) is 24.9 Å². The van der Waals surface area contributed by atoms with Crippen molar-refractivity contribution in [1.82, 2.24) is 0 Å². The van der Waals surface area contributed by atoms with Crippen molar-refractivity contribution in [2.24, 2.45) is 0 Å². The van der Waals surface area contributed by atoms with E-state index in [1.165, 1.54) is 0 Å². The largest absolute Gasteiger partial charge is 0.465 e. The lowest BCUT2D eigenvalue weighted by Crippen LogP contribution is -2.39. The molecule has 0 saturated heterocycles. The number of esters is 1. The van der Waals surface area contributed by atoms with E-state index in [0.717, 1.165) is 12.1 Å². The molecule has 0 aliphatic rings. The molecule has 1 unspecified atom stereocenters. The maximum atomic E-state index is 13.0. The summed E-state index contributed by atoms with van der Waals surface area (Å²) in [4.78, 5) is 12.8. The minimum absolute atomic E-state index is 0.0107. The summed E-state index contributed by atoms with van der Waals surface area (Å²) in [5, 5.41) is 9.41. The van der Waals surface area contributed by atoms with E-state index < -0.39 is 23.1 Å². The number of benzene rings is 2. The zero-order valence-electron chi connectivity index (χ0n) is 14.5. The number of halogens is 3. The Morgan fingerprint density at radius 2 is 1.85 bits per heavy atom. The van der Waals surface area contributed by atoms with Gasteiger partial charge in [0.15, 0.2) is 5.41 Å². The van der Waals surface area contributed by atoms with Crippen LogP contribution in [0.15, 0.2) is 48.5 Å². The van der Waals surface area contributed by atoms with Gasteiger partial charge < -0.3 is 4.74 Å². The molecule has 0 aromatic heterocycles. The number of nitriles is 1. The van der Waals surface area contributed by atoms with Crippen LogP contribution in [0.25, 0.3) is 0 Å². The maximum Gasteiger partial charge on any atom is 0.416 e. The molecule has 0 aliphatic heterocycles. The molecule has 0 fully saturated rings. The highest BCUT2D eigenvalue weighted by atomic mass is 19.4. The zero-order valence-corrected chi connectivity index (χ0v) is 14.5. The van der Waals surface area contributed by atoms with Crippen LogP contribution in [0.3, 0.4) is 0 Å². The second-order valence-electron chi connectivity index (χ2n) is 5.80. The summed E-state index contributed by atoms with van der Waals surface area (Å²) >= 11 is 0. The van der Waals surface area contributed by atoms with E-state index in [0.29, 0.717) is 11.6 Å². The normalized spacial score (nSPS) is 13.1. The molecular weight excluding hydrogens is 355 g/mol. The van der Waals surface area contributed by atoms with Gasteiger partial charge in [-0.3, -0.25) is 4.79 Å². The summed E-state index contributed by atoms with van der Waals surface area (Å²) in [6, 6.07) is 13.1. The fourth-order valence-electron chi connectivity index (χ4n) is 2.81. The van der Waals surface area contributed by atoms with Crippen LogP contribution < -0.4 is 0 Å². The van der Waals surface area contributed by atoms with Gasteiger partial charge in [0.2, 0.25) is 0 Å². The lowest BCUT2D eigenvalue weighted by molar-refractivity contribution is -0.147. The Bertz CT molecular complexity index is 908. The first-order valence-corrected chi connectivity index (χ1v) is 8.09. The summed E-state index contributed by atoms with van der Waals surface area (Å²) in [6.45, 7) is 1.64. The molecule has 0 heterocycles. The Labute approximate surface area is 155 Å². The third kappa shape index (κ3) is 4.12. The molecule has 0 spiro atoms. The Balaban J connectivity index is 2.69. The van der Waals surface area contributed by atoms with E-state index in [9.17, 15) is 23.2 Å². The average Bonchev–Trinajstić information content (AvgIpc) is 2.66. The number of hydrogen-bond acceptors (Lipinski definition) is 3. The van der Waals surface area contributed by atoms with E-state index in [1.807, 2.05) is 0 Å². The molecule has 2 aromatic rings. The van der Waals surface area contributed by atoms with E-state index in [4.69, 9.17) is 11.2 Å². The van der Waals surface area contributed by atoms with Crippen molar-refractivity contribution in [2.75, 3.05) is 6.61 Å². The minimum atomic E-state index is -4.62. The highest BCUT2D eigenvalue weighted by molar-refractivity contribution is 5.88. The van der Waals surface area contributed by atoms with Crippen LogP contribution in [0, 0.1) is 23.7 Å². The van der Waals surface area contributed by atoms with Gasteiger partial charge in [0, 0.05) is 6.42 Å². The Morgan fingerprint density at radius 1 is 1.19 bits per heavy atom. The summed E-state index contributed by atoms with van der Waals surface area (Å²) in [7, 11) is 0. The van der Waals surface area contributed by atoms with Crippen LogP contribution in [0.5, 0.6) is 0 Å². The third-order valence-electron chi connectivity index (χ3n) is 4.11. The molecular formula is C21H16F3NO2. The monoisotopic (exact) mass is 371 g/mol. The number of carbonyl (C=O) groups excluding carboxylic acids is 1. The molecule has 0 saturated carbocycles. The lowest BCUT2D eigenvalue weighted by Gasteiger charge is -2.28. The second kappa shape index (κ2) is 7.97. The van der Waals surface area contributed by atoms with E-state index >= 15 is 0 Å². The van der Waals surface area contributed by atoms with Crippen LogP contribution in [-0.4, -0.2) is 12.6 Å². The second-order valence-corrected chi connectivity index (χ2v) is 5.80. The number of terminal acetylenes is 1. The Hall–Kier alpha value is -3.25. The number of nitrogens with zero attached hydrogens (tertiary/aromatic N) is 1. The highest BCUT2D eigenvalue weighted by Gasteiger charge is 2.43. The molecule has 138 valence electrons. The standard InChI is InChI=1S/C21H16F3NO2/c1-3-20(19(26)27-4-2,13-15-8-6-5-7-9-15)18-11-10-17(21(22,23)24)12-16(18)14-25/h1,5-12H,4,13H2,2H3. The maximum absolute atomic E-state index is 13.0. The zero-order chi connectivity index (χ0) is 20.1. The first kappa shape index (κ1) is 20.1. The molecule has 0 N–H and O–H groups in total. The van der Waals surface area contributed by atoms with Gasteiger partial charge in [-0.05, 0) is 30.2 Å². The van der Waals surface area contributed by atoms with Crippen LogP contribution >= 0.6 is 0 Å². The first-order chi connectivity index (χ1) is 12.8. The predicted molar refractivity (Wildman–Crippen MR) is 93.4 cm³/mol. The summed E-state index contributed by atoms with van der Waals surface area (Å²) < 4.78 is 44.1. The van der Waals surface area contributed by atoms with Crippen molar-refractivity contribution in [3.63, 3.8) is 0 Å². The van der Waals surface area contributed by atoms with E-state index in [2.05, 4.69) is 5.92 Å². The van der Waals surface area contributed by atoms with Crippen LogP contribution in [-0.2, 0) is 27.5 Å². The quantitative estimate of drug-likeness (QED) is 0.583. The molecule has 1 atom stereocenters. The molecule has 0 amide bonds. The van der Waals surface area contributed by atoms with E-state index in [-0.39, 0.29) is 24.2 Å². The van der Waals surface area contributed by atoms with Gasteiger partial charge in [0.05, 0.1) is 23.8 Å². The number of hydrogen-bond donors (Lipinski definition) is 0. The van der Waals surface area contributed by atoms with Gasteiger partial charge in [0.1, 0.15) is 0 Å². The third-order valence-corrected chi connectivity index (χ3v) is 4.11. The molecule has 3 nitrogen and oxygen atoms in total. The summed E-state index contributed by atoms with van der Waals surface area (Å²) in [6.07, 6.45) is 1.05. The van der Waals surface area contributed by atoms with Crippen LogP contribution in [0.1, 0.15) is 29.2 Å². The summed E-state index contributed by atoms with van der Waals surface area (Å²) in [5.41, 5.74) is -2.31.